The Morgan fingerprint density at radius 2 is 2.12 bits per heavy atom. The molecular weight excluding hydrogens is 214 g/mol. The van der Waals surface area contributed by atoms with Gasteiger partial charge in [-0.2, -0.15) is 0 Å². The Kier molecular flexibility index (Phi) is 4.04. The molecule has 0 saturated heterocycles. The quantitative estimate of drug-likeness (QED) is 0.838. The molecular formula is C14H23NS. The second-order valence-electron chi connectivity index (χ2n) is 5.27. The van der Waals surface area contributed by atoms with E-state index in [1.165, 1.54) is 29.0 Å². The predicted molar refractivity (Wildman–Crippen MR) is 71.9 cm³/mol. The summed E-state index contributed by atoms with van der Waals surface area (Å²) in [6, 6.07) is 5.20. The van der Waals surface area contributed by atoms with E-state index in [0.29, 0.717) is 0 Å². The molecule has 1 fully saturated rings. The summed E-state index contributed by atoms with van der Waals surface area (Å²) in [5.41, 5.74) is 0. The van der Waals surface area contributed by atoms with Crippen molar-refractivity contribution >= 4 is 11.3 Å². The van der Waals surface area contributed by atoms with Crippen molar-refractivity contribution in [3.63, 3.8) is 0 Å². The van der Waals surface area contributed by atoms with Crippen molar-refractivity contribution in [2.24, 2.45) is 11.8 Å². The molecule has 1 aromatic rings. The lowest BCUT2D eigenvalue weighted by molar-refractivity contribution is 0.206. The summed E-state index contributed by atoms with van der Waals surface area (Å²) in [6.07, 6.45) is 4.17. The summed E-state index contributed by atoms with van der Waals surface area (Å²) < 4.78 is 0. The van der Waals surface area contributed by atoms with Crippen molar-refractivity contribution in [1.82, 2.24) is 5.32 Å². The Labute approximate surface area is 103 Å². The minimum absolute atomic E-state index is 0.728. The molecule has 1 aromatic heterocycles. The Morgan fingerprint density at radius 3 is 2.81 bits per heavy atom. The van der Waals surface area contributed by atoms with Gasteiger partial charge in [-0.1, -0.05) is 26.7 Å². The largest absolute Gasteiger partial charge is 0.309 e. The molecule has 0 aromatic carbocycles. The number of hydrogen-bond donors (Lipinski definition) is 1. The molecule has 2 heteroatoms. The summed E-state index contributed by atoms with van der Waals surface area (Å²) in [5.74, 6) is 1.71. The molecule has 90 valence electrons. The third-order valence-corrected chi connectivity index (χ3v) is 5.04. The molecule has 1 aliphatic carbocycles. The average molecular weight is 237 g/mol. The second kappa shape index (κ2) is 5.33. The van der Waals surface area contributed by atoms with Crippen LogP contribution < -0.4 is 5.32 Å². The van der Waals surface area contributed by atoms with Crippen LogP contribution in [0.15, 0.2) is 12.1 Å². The highest BCUT2D eigenvalue weighted by atomic mass is 32.1. The third kappa shape index (κ3) is 2.86. The molecule has 0 radical (unpaired) electrons. The molecule has 1 N–H and O–H groups in total. The Morgan fingerprint density at radius 1 is 1.31 bits per heavy atom. The molecule has 2 rings (SSSR count). The molecule has 0 spiro atoms. The van der Waals surface area contributed by atoms with Gasteiger partial charge >= 0.3 is 0 Å². The smallest absolute Gasteiger partial charge is 0.0302 e. The van der Waals surface area contributed by atoms with Gasteiger partial charge in [0.15, 0.2) is 0 Å². The molecule has 0 unspecified atom stereocenters. The van der Waals surface area contributed by atoms with Gasteiger partial charge in [0.2, 0.25) is 0 Å². The van der Waals surface area contributed by atoms with E-state index in [0.717, 1.165) is 24.4 Å². The van der Waals surface area contributed by atoms with Gasteiger partial charge in [-0.25, -0.2) is 0 Å². The minimum Gasteiger partial charge on any atom is -0.309 e. The lowest BCUT2D eigenvalue weighted by Gasteiger charge is -2.34. The van der Waals surface area contributed by atoms with Crippen LogP contribution in [0.5, 0.6) is 0 Å². The summed E-state index contributed by atoms with van der Waals surface area (Å²) in [7, 11) is 0. The highest BCUT2D eigenvalue weighted by Crippen LogP contribution is 2.29. The van der Waals surface area contributed by atoms with E-state index < -0.39 is 0 Å². The Hall–Kier alpha value is -0.340. The van der Waals surface area contributed by atoms with Gasteiger partial charge in [0.05, 0.1) is 0 Å². The van der Waals surface area contributed by atoms with Crippen LogP contribution in [-0.4, -0.2) is 6.04 Å². The Balaban J connectivity index is 1.85. The van der Waals surface area contributed by atoms with E-state index in [1.807, 2.05) is 11.3 Å². The molecule has 1 nitrogen and oxygen atoms in total. The number of thiophene rings is 1. The van der Waals surface area contributed by atoms with Gasteiger partial charge in [0, 0.05) is 22.3 Å². The van der Waals surface area contributed by atoms with Crippen molar-refractivity contribution in [2.75, 3.05) is 0 Å². The van der Waals surface area contributed by atoms with Gasteiger partial charge in [0.1, 0.15) is 0 Å². The van der Waals surface area contributed by atoms with Crippen molar-refractivity contribution in [1.29, 1.82) is 0 Å². The maximum atomic E-state index is 3.74. The molecule has 1 saturated carbocycles. The van der Waals surface area contributed by atoms with Crippen LogP contribution in [-0.2, 0) is 6.54 Å². The fourth-order valence-electron chi connectivity index (χ4n) is 2.68. The lowest BCUT2D eigenvalue weighted by atomic mass is 9.78. The van der Waals surface area contributed by atoms with Crippen LogP contribution in [0.25, 0.3) is 0 Å². The van der Waals surface area contributed by atoms with Crippen LogP contribution >= 0.6 is 11.3 Å². The zero-order valence-electron chi connectivity index (χ0n) is 10.6. The van der Waals surface area contributed by atoms with Crippen LogP contribution in [0, 0.1) is 18.8 Å². The highest BCUT2D eigenvalue weighted by molar-refractivity contribution is 7.11. The van der Waals surface area contributed by atoms with Gasteiger partial charge in [-0.15, -0.1) is 11.3 Å². The van der Waals surface area contributed by atoms with E-state index >= 15 is 0 Å². The molecule has 0 bridgehead atoms. The van der Waals surface area contributed by atoms with E-state index in [-0.39, 0.29) is 0 Å². The molecule has 1 aliphatic rings. The number of aryl methyl sites for hydroxylation is 1. The van der Waals surface area contributed by atoms with Crippen LogP contribution in [0.4, 0.5) is 0 Å². The SMILES string of the molecule is Cc1ccc(CN[C@@H]2CCC[C@@H](C)[C@@H]2C)s1. The number of rotatable bonds is 3. The average Bonchev–Trinajstić information content (AvgIpc) is 2.67. The highest BCUT2D eigenvalue weighted by Gasteiger charge is 2.26. The summed E-state index contributed by atoms with van der Waals surface area (Å²) in [6.45, 7) is 8.04. The van der Waals surface area contributed by atoms with Crippen molar-refractivity contribution < 1.29 is 0 Å². The lowest BCUT2D eigenvalue weighted by Crippen LogP contribution is -2.40. The van der Waals surface area contributed by atoms with Gasteiger partial charge in [-0.05, 0) is 37.3 Å². The topological polar surface area (TPSA) is 12.0 Å². The van der Waals surface area contributed by atoms with Crippen molar-refractivity contribution in [3.05, 3.63) is 21.9 Å². The zero-order valence-corrected chi connectivity index (χ0v) is 11.4. The van der Waals surface area contributed by atoms with E-state index in [1.54, 1.807) is 0 Å². The monoisotopic (exact) mass is 237 g/mol. The predicted octanol–water partition coefficient (Wildman–Crippen LogP) is 3.97. The van der Waals surface area contributed by atoms with Gasteiger partial charge in [0.25, 0.3) is 0 Å². The second-order valence-corrected chi connectivity index (χ2v) is 6.64. The van der Waals surface area contributed by atoms with Crippen LogP contribution in [0.2, 0.25) is 0 Å². The van der Waals surface area contributed by atoms with Crippen LogP contribution in [0.3, 0.4) is 0 Å². The van der Waals surface area contributed by atoms with E-state index in [9.17, 15) is 0 Å². The molecule has 16 heavy (non-hydrogen) atoms. The van der Waals surface area contributed by atoms with Gasteiger partial charge in [-0.3, -0.25) is 0 Å². The number of nitrogens with one attached hydrogen (secondary N) is 1. The first-order valence-corrected chi connectivity index (χ1v) is 7.27. The molecule has 0 amide bonds. The maximum absolute atomic E-state index is 3.74. The molecule has 0 aliphatic heterocycles. The first kappa shape index (κ1) is 12.1. The number of hydrogen-bond acceptors (Lipinski definition) is 2. The van der Waals surface area contributed by atoms with Crippen molar-refractivity contribution in [3.8, 4) is 0 Å². The Bertz CT molecular complexity index is 331. The fourth-order valence-corrected chi connectivity index (χ4v) is 3.52. The summed E-state index contributed by atoms with van der Waals surface area (Å²) >= 11 is 1.92. The first-order valence-electron chi connectivity index (χ1n) is 6.45. The van der Waals surface area contributed by atoms with E-state index in [2.05, 4.69) is 38.2 Å². The third-order valence-electron chi connectivity index (χ3n) is 4.04. The zero-order chi connectivity index (χ0) is 11.5. The van der Waals surface area contributed by atoms with Gasteiger partial charge < -0.3 is 5.32 Å². The van der Waals surface area contributed by atoms with E-state index in [4.69, 9.17) is 0 Å². The molecule has 1 heterocycles. The summed E-state index contributed by atoms with van der Waals surface area (Å²) in [5, 5.41) is 3.74. The fraction of sp³-hybridized carbons (Fsp3) is 0.714. The maximum Gasteiger partial charge on any atom is 0.0302 e. The summed E-state index contributed by atoms with van der Waals surface area (Å²) in [4.78, 5) is 2.89. The van der Waals surface area contributed by atoms with Crippen molar-refractivity contribution in [2.45, 2.75) is 52.6 Å². The molecule has 3 atom stereocenters. The first-order chi connectivity index (χ1) is 7.66. The normalized spacial score (nSPS) is 30.6. The van der Waals surface area contributed by atoms with Crippen LogP contribution in [0.1, 0.15) is 42.9 Å². The minimum atomic E-state index is 0.728. The standard InChI is InChI=1S/C14H23NS/c1-10-5-4-6-14(12(10)3)15-9-13-8-7-11(2)16-13/h7-8,10,12,14-15H,4-6,9H2,1-3H3/t10-,12+,14-/m1/s1.